The number of hydrogen-bond donors (Lipinski definition) is 1. The van der Waals surface area contributed by atoms with E-state index < -0.39 is 11.8 Å². The van der Waals surface area contributed by atoms with Gasteiger partial charge in [0.1, 0.15) is 16.9 Å². The summed E-state index contributed by atoms with van der Waals surface area (Å²) in [5.41, 5.74) is 2.63. The summed E-state index contributed by atoms with van der Waals surface area (Å²) < 4.78 is 12.3. The fraction of sp³-hybridized carbons (Fsp3) is 0. The predicted octanol–water partition coefficient (Wildman–Crippen LogP) is 5.96. The van der Waals surface area contributed by atoms with Gasteiger partial charge in [0.15, 0.2) is 11.2 Å². The minimum atomic E-state index is -0.488. The Kier molecular flexibility index (Phi) is 3.82. The molecule has 6 nitrogen and oxygen atoms in total. The van der Waals surface area contributed by atoms with Crippen LogP contribution in [0, 0.1) is 0 Å². The number of anilines is 1. The van der Waals surface area contributed by atoms with E-state index in [9.17, 15) is 14.7 Å². The number of carbonyl (C=O) groups excluding carboxylic acids is 2. The Bertz CT molecular complexity index is 1540. The lowest BCUT2D eigenvalue weighted by molar-refractivity contribution is 0.0926. The molecule has 4 aromatic carbocycles. The van der Waals surface area contributed by atoms with E-state index in [0.717, 1.165) is 15.7 Å². The van der Waals surface area contributed by atoms with Crippen molar-refractivity contribution in [2.24, 2.45) is 0 Å². The molecule has 5 aromatic rings. The number of para-hydroxylation sites is 2. The Balaban J connectivity index is 1.66. The van der Waals surface area contributed by atoms with E-state index in [4.69, 9.17) is 8.83 Å². The molecule has 0 unspecified atom stereocenters. The molecule has 154 valence electrons. The highest BCUT2D eigenvalue weighted by molar-refractivity contribution is 6.35. The standard InChI is InChI=1S/C26H15NO5/c28-16-7-5-6-15(12-16)27-25(29)19-13-23-24(14-20(19)26(27)30)32-22-11-4-2-9-18(22)17-8-1-3-10-21(17)31-23/h1-14,28H. The molecule has 1 aromatic heterocycles. The van der Waals surface area contributed by atoms with Gasteiger partial charge >= 0.3 is 0 Å². The minimum Gasteiger partial charge on any atom is -0.508 e. The molecule has 1 aliphatic rings. The zero-order chi connectivity index (χ0) is 21.8. The number of hydrogen-bond acceptors (Lipinski definition) is 5. The third-order valence-electron chi connectivity index (χ3n) is 5.54. The first-order chi connectivity index (χ1) is 15.6. The summed E-state index contributed by atoms with van der Waals surface area (Å²) in [6.07, 6.45) is 0. The maximum atomic E-state index is 13.1. The number of imide groups is 1. The second kappa shape index (κ2) is 6.72. The maximum Gasteiger partial charge on any atom is 0.266 e. The van der Waals surface area contributed by atoms with Gasteiger partial charge in [-0.25, -0.2) is 4.90 Å². The summed E-state index contributed by atoms with van der Waals surface area (Å²) in [5, 5.41) is 11.5. The fourth-order valence-corrected chi connectivity index (χ4v) is 4.07. The van der Waals surface area contributed by atoms with Crippen LogP contribution >= 0.6 is 0 Å². The number of carbonyl (C=O) groups is 2. The number of rotatable bonds is 1. The number of fused-ring (bicyclic) bond motifs is 5. The van der Waals surface area contributed by atoms with E-state index in [2.05, 4.69) is 0 Å². The molecule has 0 saturated heterocycles. The molecular formula is C26H15NO5. The number of benzene rings is 4. The van der Waals surface area contributed by atoms with Gasteiger partial charge in [0, 0.05) is 16.8 Å². The van der Waals surface area contributed by atoms with E-state index in [-0.39, 0.29) is 16.9 Å². The van der Waals surface area contributed by atoms with Crippen molar-refractivity contribution in [1.82, 2.24) is 0 Å². The average Bonchev–Trinajstić information content (AvgIpc) is 3.03. The Morgan fingerprint density at radius 3 is 1.66 bits per heavy atom. The quantitative estimate of drug-likeness (QED) is 0.338. The van der Waals surface area contributed by atoms with Gasteiger partial charge in [-0.1, -0.05) is 42.5 Å². The molecule has 1 aliphatic heterocycles. The summed E-state index contributed by atoms with van der Waals surface area (Å²) >= 11 is 0. The molecule has 2 heterocycles. The molecule has 0 aliphatic carbocycles. The van der Waals surface area contributed by atoms with Crippen molar-refractivity contribution in [3.8, 4) is 5.75 Å². The second-order valence-corrected chi connectivity index (χ2v) is 7.51. The van der Waals surface area contributed by atoms with Crippen molar-refractivity contribution in [1.29, 1.82) is 0 Å². The van der Waals surface area contributed by atoms with E-state index in [0.29, 0.717) is 28.0 Å². The van der Waals surface area contributed by atoms with Gasteiger partial charge in [0.2, 0.25) is 0 Å². The molecule has 0 fully saturated rings. The first-order valence-electron chi connectivity index (χ1n) is 10.00. The zero-order valence-electron chi connectivity index (χ0n) is 16.6. The first kappa shape index (κ1) is 18.2. The van der Waals surface area contributed by atoms with Crippen molar-refractivity contribution in [3.05, 3.63) is 96.1 Å². The molecule has 0 spiro atoms. The van der Waals surface area contributed by atoms with Crippen LogP contribution in [0.15, 0.2) is 93.8 Å². The molecule has 0 atom stereocenters. The van der Waals surface area contributed by atoms with Crippen LogP contribution in [0.4, 0.5) is 5.69 Å². The molecule has 6 heteroatoms. The van der Waals surface area contributed by atoms with E-state index in [1.165, 1.54) is 12.1 Å². The minimum absolute atomic E-state index is 0.0359. The molecule has 0 saturated carbocycles. The molecule has 32 heavy (non-hydrogen) atoms. The van der Waals surface area contributed by atoms with Crippen molar-refractivity contribution in [3.63, 3.8) is 0 Å². The number of aromatic hydroxyl groups is 1. The highest BCUT2D eigenvalue weighted by atomic mass is 16.4. The van der Waals surface area contributed by atoms with Crippen molar-refractivity contribution >= 4 is 50.6 Å². The normalized spacial score (nSPS) is 13.2. The Morgan fingerprint density at radius 1 is 0.594 bits per heavy atom. The van der Waals surface area contributed by atoms with Gasteiger partial charge in [0.05, 0.1) is 16.8 Å². The summed E-state index contributed by atoms with van der Waals surface area (Å²) in [7, 11) is 0. The SMILES string of the molecule is O=C1c2cc3oc4ccccc4c4ccccc4oc3cc2C(=O)N1c1cccc(O)c1. The smallest absolute Gasteiger partial charge is 0.266 e. The molecular weight excluding hydrogens is 406 g/mol. The summed E-state index contributed by atoms with van der Waals surface area (Å²) in [6.45, 7) is 0. The van der Waals surface area contributed by atoms with Crippen LogP contribution < -0.4 is 4.90 Å². The predicted molar refractivity (Wildman–Crippen MR) is 120 cm³/mol. The van der Waals surface area contributed by atoms with Crippen molar-refractivity contribution in [2.45, 2.75) is 0 Å². The van der Waals surface area contributed by atoms with E-state index in [1.54, 1.807) is 24.3 Å². The van der Waals surface area contributed by atoms with Gasteiger partial charge < -0.3 is 13.9 Å². The highest BCUT2D eigenvalue weighted by Gasteiger charge is 2.37. The van der Waals surface area contributed by atoms with Gasteiger partial charge in [-0.3, -0.25) is 9.59 Å². The monoisotopic (exact) mass is 421 g/mol. The number of nitrogens with zero attached hydrogens (tertiary/aromatic N) is 1. The maximum absolute atomic E-state index is 13.1. The Labute approximate surface area is 181 Å². The number of amides is 2. The van der Waals surface area contributed by atoms with E-state index >= 15 is 0 Å². The Morgan fingerprint density at radius 2 is 1.12 bits per heavy atom. The topological polar surface area (TPSA) is 83.9 Å². The van der Waals surface area contributed by atoms with Crippen molar-refractivity contribution < 1.29 is 23.5 Å². The summed E-state index contributed by atoms with van der Waals surface area (Å²) in [4.78, 5) is 27.3. The second-order valence-electron chi connectivity index (χ2n) is 7.51. The molecule has 0 bridgehead atoms. The third kappa shape index (κ3) is 2.66. The third-order valence-corrected chi connectivity index (χ3v) is 5.54. The van der Waals surface area contributed by atoms with Crippen molar-refractivity contribution in [2.75, 3.05) is 4.90 Å². The summed E-state index contributed by atoms with van der Waals surface area (Å²) in [5.74, 6) is -1.01. The van der Waals surface area contributed by atoms with Crippen LogP contribution in [0.1, 0.15) is 20.7 Å². The zero-order valence-corrected chi connectivity index (χ0v) is 16.6. The van der Waals surface area contributed by atoms with Gasteiger partial charge in [0.25, 0.3) is 11.8 Å². The highest BCUT2D eigenvalue weighted by Crippen LogP contribution is 2.34. The van der Waals surface area contributed by atoms with Crippen LogP contribution in [0.3, 0.4) is 0 Å². The molecule has 1 N–H and O–H groups in total. The van der Waals surface area contributed by atoms with Gasteiger partial charge in [-0.15, -0.1) is 0 Å². The average molecular weight is 421 g/mol. The molecule has 6 rings (SSSR count). The van der Waals surface area contributed by atoms with Crippen LogP contribution in [0.2, 0.25) is 0 Å². The van der Waals surface area contributed by atoms with Crippen LogP contribution in [-0.4, -0.2) is 16.9 Å². The lowest BCUT2D eigenvalue weighted by Gasteiger charge is -2.13. The molecule has 2 amide bonds. The largest absolute Gasteiger partial charge is 0.508 e. The first-order valence-corrected chi connectivity index (χ1v) is 10.00. The van der Waals surface area contributed by atoms with Crippen LogP contribution in [0.25, 0.3) is 33.1 Å². The van der Waals surface area contributed by atoms with E-state index in [1.807, 2.05) is 48.5 Å². The lowest BCUT2D eigenvalue weighted by Crippen LogP contribution is -2.29. The Hall–Kier alpha value is -4.58. The molecule has 0 radical (unpaired) electrons. The van der Waals surface area contributed by atoms with Gasteiger partial charge in [-0.2, -0.15) is 0 Å². The van der Waals surface area contributed by atoms with Crippen LogP contribution in [0.5, 0.6) is 5.75 Å². The lowest BCUT2D eigenvalue weighted by atomic mass is 10.1. The number of phenols is 1. The van der Waals surface area contributed by atoms with Crippen LogP contribution in [-0.2, 0) is 0 Å². The van der Waals surface area contributed by atoms with Gasteiger partial charge in [-0.05, 0) is 36.4 Å². The fourth-order valence-electron chi connectivity index (χ4n) is 4.07. The summed E-state index contributed by atoms with van der Waals surface area (Å²) in [6, 6.07) is 24.2. The number of phenolic OH excluding ortho intramolecular Hbond substituents is 1.